The van der Waals surface area contributed by atoms with Gasteiger partial charge in [0, 0.05) is 12.8 Å². The number of rotatable bonds is 1. The van der Waals surface area contributed by atoms with Gasteiger partial charge in [0.05, 0.1) is 18.3 Å². The summed E-state index contributed by atoms with van der Waals surface area (Å²) in [4.78, 5) is 0. The van der Waals surface area contributed by atoms with Gasteiger partial charge in [-0.15, -0.1) is 0 Å². The molecule has 1 aromatic rings. The first-order valence-corrected chi connectivity index (χ1v) is 5.20. The van der Waals surface area contributed by atoms with Gasteiger partial charge in [-0.25, -0.2) is 4.39 Å². The Morgan fingerprint density at radius 3 is 3.00 bits per heavy atom. The minimum atomic E-state index is -0.931. The summed E-state index contributed by atoms with van der Waals surface area (Å²) in [5, 5.41) is 10.4. The minimum absolute atomic E-state index is 0.0204. The van der Waals surface area contributed by atoms with Crippen LogP contribution in [0.4, 0.5) is 4.39 Å². The Labute approximate surface area is 88.7 Å². The van der Waals surface area contributed by atoms with Crippen LogP contribution in [0.25, 0.3) is 0 Å². The third-order valence-corrected chi connectivity index (χ3v) is 2.91. The van der Waals surface area contributed by atoms with Gasteiger partial charge in [0.15, 0.2) is 0 Å². The van der Waals surface area contributed by atoms with Crippen molar-refractivity contribution in [3.63, 3.8) is 0 Å². The summed E-state index contributed by atoms with van der Waals surface area (Å²) >= 11 is 0. The maximum Gasteiger partial charge on any atom is 0.123 e. The Morgan fingerprint density at radius 1 is 1.53 bits per heavy atom. The lowest BCUT2D eigenvalue weighted by Crippen LogP contribution is -2.37. The number of ether oxygens (including phenoxy) is 1. The Morgan fingerprint density at radius 2 is 2.33 bits per heavy atom. The van der Waals surface area contributed by atoms with Crippen LogP contribution in [0.15, 0.2) is 24.3 Å². The van der Waals surface area contributed by atoms with Crippen molar-refractivity contribution in [3.8, 4) is 0 Å². The zero-order valence-corrected chi connectivity index (χ0v) is 8.74. The molecule has 2 rings (SSSR count). The molecular formula is C12H15FO2. The van der Waals surface area contributed by atoms with Crippen molar-refractivity contribution in [1.29, 1.82) is 0 Å². The van der Waals surface area contributed by atoms with Crippen LogP contribution in [0.2, 0.25) is 0 Å². The van der Waals surface area contributed by atoms with E-state index in [2.05, 4.69) is 0 Å². The van der Waals surface area contributed by atoms with Crippen LogP contribution in [-0.2, 0) is 10.3 Å². The average Bonchev–Trinajstić information content (AvgIpc) is 2.17. The lowest BCUT2D eigenvalue weighted by atomic mass is 9.84. The van der Waals surface area contributed by atoms with Gasteiger partial charge < -0.3 is 9.84 Å². The van der Waals surface area contributed by atoms with Gasteiger partial charge in [-0.2, -0.15) is 0 Å². The molecule has 82 valence electrons. The number of aliphatic hydroxyl groups is 1. The number of hydrogen-bond acceptors (Lipinski definition) is 2. The molecule has 1 aliphatic heterocycles. The first-order chi connectivity index (χ1) is 7.10. The summed E-state index contributed by atoms with van der Waals surface area (Å²) in [6, 6.07) is 6.18. The van der Waals surface area contributed by atoms with Gasteiger partial charge in [0.2, 0.25) is 0 Å². The van der Waals surface area contributed by atoms with Crippen LogP contribution < -0.4 is 0 Å². The Balaban J connectivity index is 2.28. The Hall–Kier alpha value is -0.930. The normalized spacial score (nSPS) is 31.5. The largest absolute Gasteiger partial charge is 0.385 e. The van der Waals surface area contributed by atoms with Gasteiger partial charge in [-0.3, -0.25) is 0 Å². The fourth-order valence-electron chi connectivity index (χ4n) is 2.11. The third-order valence-electron chi connectivity index (χ3n) is 2.91. The molecule has 1 saturated heterocycles. The molecule has 1 fully saturated rings. The first-order valence-electron chi connectivity index (χ1n) is 5.20. The molecule has 2 atom stereocenters. The highest BCUT2D eigenvalue weighted by molar-refractivity contribution is 5.23. The third kappa shape index (κ3) is 2.19. The van der Waals surface area contributed by atoms with E-state index in [-0.39, 0.29) is 11.9 Å². The van der Waals surface area contributed by atoms with Gasteiger partial charge in [0.25, 0.3) is 0 Å². The van der Waals surface area contributed by atoms with Crippen molar-refractivity contribution in [1.82, 2.24) is 0 Å². The lowest BCUT2D eigenvalue weighted by molar-refractivity contribution is -0.101. The summed E-state index contributed by atoms with van der Waals surface area (Å²) in [7, 11) is 0. The monoisotopic (exact) mass is 210 g/mol. The van der Waals surface area contributed by atoms with Crippen molar-refractivity contribution >= 4 is 0 Å². The van der Waals surface area contributed by atoms with Crippen LogP contribution in [-0.4, -0.2) is 17.8 Å². The molecule has 1 aliphatic rings. The average molecular weight is 210 g/mol. The number of halogens is 1. The SMILES string of the molecule is CC1CC(O)(c2cccc(F)c2)CCO1. The molecular weight excluding hydrogens is 195 g/mol. The van der Waals surface area contributed by atoms with E-state index in [0.717, 1.165) is 0 Å². The maximum absolute atomic E-state index is 13.0. The molecule has 3 heteroatoms. The standard InChI is InChI=1S/C12H15FO2/c1-9-8-12(14,5-6-15-9)10-3-2-4-11(13)7-10/h2-4,7,9,14H,5-6,8H2,1H3. The van der Waals surface area contributed by atoms with E-state index < -0.39 is 5.60 Å². The van der Waals surface area contributed by atoms with Gasteiger partial charge in [-0.1, -0.05) is 12.1 Å². The topological polar surface area (TPSA) is 29.5 Å². The molecule has 0 spiro atoms. The molecule has 0 aromatic heterocycles. The molecule has 1 aromatic carbocycles. The molecule has 0 bridgehead atoms. The van der Waals surface area contributed by atoms with Crippen molar-refractivity contribution < 1.29 is 14.2 Å². The fourth-order valence-corrected chi connectivity index (χ4v) is 2.11. The first kappa shape index (κ1) is 10.6. The Kier molecular flexibility index (Phi) is 2.76. The van der Waals surface area contributed by atoms with Gasteiger partial charge in [0.1, 0.15) is 5.82 Å². The summed E-state index contributed by atoms with van der Waals surface area (Å²) < 4.78 is 18.4. The zero-order chi connectivity index (χ0) is 10.9. The van der Waals surface area contributed by atoms with E-state index in [4.69, 9.17) is 4.74 Å². The molecule has 0 amide bonds. The van der Waals surface area contributed by atoms with E-state index in [0.29, 0.717) is 25.0 Å². The summed E-state index contributed by atoms with van der Waals surface area (Å²) in [5.41, 5.74) is -0.280. The molecule has 0 saturated carbocycles. The fraction of sp³-hybridized carbons (Fsp3) is 0.500. The van der Waals surface area contributed by atoms with E-state index >= 15 is 0 Å². The van der Waals surface area contributed by atoms with Crippen molar-refractivity contribution in [2.75, 3.05) is 6.61 Å². The van der Waals surface area contributed by atoms with E-state index in [1.54, 1.807) is 12.1 Å². The summed E-state index contributed by atoms with van der Waals surface area (Å²) in [6.45, 7) is 2.44. The van der Waals surface area contributed by atoms with Gasteiger partial charge >= 0.3 is 0 Å². The molecule has 1 N–H and O–H groups in total. The molecule has 2 unspecified atom stereocenters. The molecule has 15 heavy (non-hydrogen) atoms. The van der Waals surface area contributed by atoms with Crippen LogP contribution in [0.5, 0.6) is 0 Å². The lowest BCUT2D eigenvalue weighted by Gasteiger charge is -2.36. The smallest absolute Gasteiger partial charge is 0.123 e. The van der Waals surface area contributed by atoms with Crippen LogP contribution >= 0.6 is 0 Å². The predicted molar refractivity (Wildman–Crippen MR) is 54.9 cm³/mol. The van der Waals surface area contributed by atoms with Crippen molar-refractivity contribution in [2.24, 2.45) is 0 Å². The number of benzene rings is 1. The van der Waals surface area contributed by atoms with E-state index in [9.17, 15) is 9.50 Å². The number of hydrogen-bond donors (Lipinski definition) is 1. The van der Waals surface area contributed by atoms with Crippen LogP contribution in [0.3, 0.4) is 0 Å². The molecule has 1 heterocycles. The molecule has 2 nitrogen and oxygen atoms in total. The van der Waals surface area contributed by atoms with Gasteiger partial charge in [-0.05, 0) is 24.6 Å². The highest BCUT2D eigenvalue weighted by Crippen LogP contribution is 2.34. The second kappa shape index (κ2) is 3.91. The molecule has 0 aliphatic carbocycles. The zero-order valence-electron chi connectivity index (χ0n) is 8.74. The molecule has 0 radical (unpaired) electrons. The highest BCUT2D eigenvalue weighted by Gasteiger charge is 2.35. The maximum atomic E-state index is 13.0. The van der Waals surface area contributed by atoms with E-state index in [1.165, 1.54) is 12.1 Å². The predicted octanol–water partition coefficient (Wildman–Crippen LogP) is 2.21. The van der Waals surface area contributed by atoms with Crippen LogP contribution in [0, 0.1) is 5.82 Å². The van der Waals surface area contributed by atoms with Crippen molar-refractivity contribution in [2.45, 2.75) is 31.5 Å². The second-order valence-corrected chi connectivity index (χ2v) is 4.18. The quantitative estimate of drug-likeness (QED) is 0.770. The summed E-state index contributed by atoms with van der Waals surface area (Å²) in [5.74, 6) is -0.305. The Bertz CT molecular complexity index is 353. The highest BCUT2D eigenvalue weighted by atomic mass is 19.1. The summed E-state index contributed by atoms with van der Waals surface area (Å²) in [6.07, 6.45) is 1.07. The second-order valence-electron chi connectivity index (χ2n) is 4.18. The minimum Gasteiger partial charge on any atom is -0.385 e. The van der Waals surface area contributed by atoms with E-state index in [1.807, 2.05) is 6.92 Å². The van der Waals surface area contributed by atoms with Crippen LogP contribution in [0.1, 0.15) is 25.3 Å². The van der Waals surface area contributed by atoms with Crippen molar-refractivity contribution in [3.05, 3.63) is 35.6 Å².